The van der Waals surface area contributed by atoms with Crippen molar-refractivity contribution in [3.05, 3.63) is 42.5 Å². The molecule has 0 radical (unpaired) electrons. The van der Waals surface area contributed by atoms with Gasteiger partial charge in [-0.2, -0.15) is 0 Å². The van der Waals surface area contributed by atoms with Gasteiger partial charge < -0.3 is 10.4 Å². The first-order chi connectivity index (χ1) is 8.13. The molecular formula is C13H15NO3. The van der Waals surface area contributed by atoms with E-state index in [2.05, 4.69) is 11.9 Å². The number of Topliss-reactive ketones (excluding diaryl/α,β-unsaturated/α-hetero) is 1. The van der Waals surface area contributed by atoms with Crippen molar-refractivity contribution in [3.8, 4) is 0 Å². The van der Waals surface area contributed by atoms with Gasteiger partial charge in [-0.3, -0.25) is 9.59 Å². The number of carbonyl (C=O) groups is 2. The number of aliphatic carboxylic acids is 1. The SMILES string of the molecule is C=CCNc1ccc(C(=O)CCC(=O)O)cc1. The molecular weight excluding hydrogens is 218 g/mol. The van der Waals surface area contributed by atoms with Crippen LogP contribution in [0.5, 0.6) is 0 Å². The molecule has 17 heavy (non-hydrogen) atoms. The summed E-state index contributed by atoms with van der Waals surface area (Å²) in [7, 11) is 0. The van der Waals surface area contributed by atoms with E-state index < -0.39 is 5.97 Å². The third kappa shape index (κ3) is 4.51. The van der Waals surface area contributed by atoms with E-state index in [0.717, 1.165) is 5.69 Å². The first-order valence-corrected chi connectivity index (χ1v) is 5.33. The van der Waals surface area contributed by atoms with Gasteiger partial charge in [-0.15, -0.1) is 6.58 Å². The monoisotopic (exact) mass is 233 g/mol. The summed E-state index contributed by atoms with van der Waals surface area (Å²) in [4.78, 5) is 21.9. The van der Waals surface area contributed by atoms with Gasteiger partial charge in [0.2, 0.25) is 0 Å². The molecule has 0 fully saturated rings. The lowest BCUT2D eigenvalue weighted by atomic mass is 10.1. The average molecular weight is 233 g/mol. The summed E-state index contributed by atoms with van der Waals surface area (Å²) >= 11 is 0. The molecule has 0 atom stereocenters. The van der Waals surface area contributed by atoms with Gasteiger partial charge in [0.05, 0.1) is 6.42 Å². The highest BCUT2D eigenvalue weighted by Crippen LogP contribution is 2.11. The number of anilines is 1. The maximum absolute atomic E-state index is 11.6. The Morgan fingerprint density at radius 3 is 2.41 bits per heavy atom. The Balaban J connectivity index is 2.57. The van der Waals surface area contributed by atoms with Crippen LogP contribution in [0.2, 0.25) is 0 Å². The number of hydrogen-bond acceptors (Lipinski definition) is 3. The second-order valence-corrected chi connectivity index (χ2v) is 3.56. The molecule has 0 aromatic heterocycles. The van der Waals surface area contributed by atoms with E-state index in [1.165, 1.54) is 0 Å². The van der Waals surface area contributed by atoms with Crippen LogP contribution < -0.4 is 5.32 Å². The van der Waals surface area contributed by atoms with Gasteiger partial charge in [0.1, 0.15) is 0 Å². The van der Waals surface area contributed by atoms with Gasteiger partial charge in [0.25, 0.3) is 0 Å². The minimum atomic E-state index is -0.956. The zero-order valence-electron chi connectivity index (χ0n) is 9.48. The molecule has 1 aromatic rings. The highest BCUT2D eigenvalue weighted by Gasteiger charge is 2.07. The van der Waals surface area contributed by atoms with E-state index in [9.17, 15) is 9.59 Å². The molecule has 0 heterocycles. The molecule has 1 rings (SSSR count). The van der Waals surface area contributed by atoms with Crippen LogP contribution in [0, 0.1) is 0 Å². The van der Waals surface area contributed by atoms with Gasteiger partial charge in [-0.1, -0.05) is 6.08 Å². The Morgan fingerprint density at radius 2 is 1.88 bits per heavy atom. The third-order valence-corrected chi connectivity index (χ3v) is 2.22. The zero-order valence-corrected chi connectivity index (χ0v) is 9.48. The lowest BCUT2D eigenvalue weighted by Gasteiger charge is -2.04. The number of benzene rings is 1. The molecule has 4 nitrogen and oxygen atoms in total. The van der Waals surface area contributed by atoms with E-state index in [1.807, 2.05) is 0 Å². The fourth-order valence-corrected chi connectivity index (χ4v) is 1.33. The molecule has 1 aromatic carbocycles. The van der Waals surface area contributed by atoms with Crippen molar-refractivity contribution in [3.63, 3.8) is 0 Å². The van der Waals surface area contributed by atoms with Crippen molar-refractivity contribution in [1.82, 2.24) is 0 Å². The number of carboxylic acid groups (broad SMARTS) is 1. The van der Waals surface area contributed by atoms with Crippen LogP contribution >= 0.6 is 0 Å². The predicted molar refractivity (Wildman–Crippen MR) is 66.3 cm³/mol. The predicted octanol–water partition coefficient (Wildman–Crippen LogP) is 2.33. The number of ketones is 1. The molecule has 0 bridgehead atoms. The summed E-state index contributed by atoms with van der Waals surface area (Å²) < 4.78 is 0. The maximum atomic E-state index is 11.6. The minimum Gasteiger partial charge on any atom is -0.481 e. The van der Waals surface area contributed by atoms with E-state index in [1.54, 1.807) is 30.3 Å². The van der Waals surface area contributed by atoms with Crippen molar-refractivity contribution in [2.24, 2.45) is 0 Å². The Morgan fingerprint density at radius 1 is 1.24 bits per heavy atom. The third-order valence-electron chi connectivity index (χ3n) is 2.22. The molecule has 0 aliphatic heterocycles. The highest BCUT2D eigenvalue weighted by atomic mass is 16.4. The lowest BCUT2D eigenvalue weighted by Crippen LogP contribution is -2.04. The largest absolute Gasteiger partial charge is 0.481 e. The summed E-state index contributed by atoms with van der Waals surface area (Å²) in [6, 6.07) is 6.96. The van der Waals surface area contributed by atoms with Gasteiger partial charge in [0.15, 0.2) is 5.78 Å². The lowest BCUT2D eigenvalue weighted by molar-refractivity contribution is -0.136. The second kappa shape index (κ2) is 6.48. The standard InChI is InChI=1S/C13H15NO3/c1-2-9-14-11-5-3-10(4-6-11)12(15)7-8-13(16)17/h2-6,14H,1,7-9H2,(H,16,17). The van der Waals surface area contributed by atoms with Gasteiger partial charge in [-0.25, -0.2) is 0 Å². The van der Waals surface area contributed by atoms with Gasteiger partial charge in [0, 0.05) is 24.2 Å². The topological polar surface area (TPSA) is 66.4 Å². The van der Waals surface area contributed by atoms with E-state index in [4.69, 9.17) is 5.11 Å². The first-order valence-electron chi connectivity index (χ1n) is 5.33. The smallest absolute Gasteiger partial charge is 0.303 e. The van der Waals surface area contributed by atoms with Crippen LogP contribution in [0.4, 0.5) is 5.69 Å². The van der Waals surface area contributed by atoms with E-state index >= 15 is 0 Å². The average Bonchev–Trinajstić information content (AvgIpc) is 2.34. The fraction of sp³-hybridized carbons (Fsp3) is 0.231. The van der Waals surface area contributed by atoms with Crippen molar-refractivity contribution >= 4 is 17.4 Å². The Labute approximate surface area is 100.0 Å². The molecule has 0 unspecified atom stereocenters. The molecule has 0 aliphatic rings. The molecule has 4 heteroatoms. The molecule has 0 amide bonds. The number of hydrogen-bond donors (Lipinski definition) is 2. The number of nitrogens with one attached hydrogen (secondary N) is 1. The van der Waals surface area contributed by atoms with Gasteiger partial charge in [-0.05, 0) is 24.3 Å². The Hall–Kier alpha value is -2.10. The maximum Gasteiger partial charge on any atom is 0.303 e. The van der Waals surface area contributed by atoms with E-state index in [-0.39, 0.29) is 18.6 Å². The van der Waals surface area contributed by atoms with Crippen molar-refractivity contribution in [2.75, 3.05) is 11.9 Å². The summed E-state index contributed by atoms with van der Waals surface area (Å²) in [5.74, 6) is -1.11. The molecule has 2 N–H and O–H groups in total. The molecule has 0 spiro atoms. The number of rotatable bonds is 7. The van der Waals surface area contributed by atoms with Crippen molar-refractivity contribution in [2.45, 2.75) is 12.8 Å². The van der Waals surface area contributed by atoms with Crippen LogP contribution in [0.25, 0.3) is 0 Å². The quantitative estimate of drug-likeness (QED) is 0.560. The Bertz CT molecular complexity index is 409. The molecule has 0 aliphatic carbocycles. The number of carbonyl (C=O) groups excluding carboxylic acids is 1. The molecule has 0 saturated heterocycles. The van der Waals surface area contributed by atoms with Crippen LogP contribution in [0.15, 0.2) is 36.9 Å². The summed E-state index contributed by atoms with van der Waals surface area (Å²) in [5.41, 5.74) is 1.44. The summed E-state index contributed by atoms with van der Waals surface area (Å²) in [6.45, 7) is 4.25. The minimum absolute atomic E-state index is 0.0365. The normalized spacial score (nSPS) is 9.65. The molecule has 90 valence electrons. The molecule has 0 saturated carbocycles. The van der Waals surface area contributed by atoms with Gasteiger partial charge >= 0.3 is 5.97 Å². The zero-order chi connectivity index (χ0) is 12.7. The first kappa shape index (κ1) is 13.0. The van der Waals surface area contributed by atoms with Crippen molar-refractivity contribution in [1.29, 1.82) is 0 Å². The fourth-order valence-electron chi connectivity index (χ4n) is 1.33. The van der Waals surface area contributed by atoms with Crippen LogP contribution in [-0.4, -0.2) is 23.4 Å². The van der Waals surface area contributed by atoms with Crippen LogP contribution in [-0.2, 0) is 4.79 Å². The second-order valence-electron chi connectivity index (χ2n) is 3.56. The summed E-state index contributed by atoms with van der Waals surface area (Å²) in [6.07, 6.45) is 1.65. The Kier molecular flexibility index (Phi) is 4.94. The highest BCUT2D eigenvalue weighted by molar-refractivity contribution is 5.97. The number of carboxylic acids is 1. The summed E-state index contributed by atoms with van der Waals surface area (Å²) in [5, 5.41) is 11.6. The van der Waals surface area contributed by atoms with Crippen LogP contribution in [0.1, 0.15) is 23.2 Å². The van der Waals surface area contributed by atoms with Crippen molar-refractivity contribution < 1.29 is 14.7 Å². The van der Waals surface area contributed by atoms with Crippen LogP contribution in [0.3, 0.4) is 0 Å². The van der Waals surface area contributed by atoms with E-state index in [0.29, 0.717) is 12.1 Å².